The van der Waals surface area contributed by atoms with Gasteiger partial charge in [0.25, 0.3) is 10.1 Å². The monoisotopic (exact) mass is 256 g/mol. The molecule has 0 amide bonds. The number of benzene rings is 1. The van der Waals surface area contributed by atoms with Crippen LogP contribution in [0.2, 0.25) is 0 Å². The number of ether oxygens (including phenoxy) is 2. The third-order valence-corrected chi connectivity index (χ3v) is 2.74. The molecule has 1 heterocycles. The van der Waals surface area contributed by atoms with Crippen LogP contribution in [0, 0.1) is 0 Å². The van der Waals surface area contributed by atoms with Crippen molar-refractivity contribution in [2.24, 2.45) is 0 Å². The average Bonchev–Trinajstić information content (AvgIpc) is 2.26. The number of rotatable bonds is 3. The molecule has 17 heavy (non-hydrogen) atoms. The minimum Gasteiger partial charge on any atom is -0.457 e. The second kappa shape index (κ2) is 4.38. The lowest BCUT2D eigenvalue weighted by Gasteiger charge is -2.21. The van der Waals surface area contributed by atoms with Crippen LogP contribution in [0.25, 0.3) is 0 Å². The Bertz CT molecular complexity index is 547. The molecule has 1 aliphatic rings. The van der Waals surface area contributed by atoms with Crippen molar-refractivity contribution >= 4 is 10.1 Å². The van der Waals surface area contributed by atoms with Gasteiger partial charge in [0.15, 0.2) is 17.3 Å². The summed E-state index contributed by atoms with van der Waals surface area (Å²) in [6.45, 7) is 1.57. The van der Waals surface area contributed by atoms with Crippen molar-refractivity contribution in [3.05, 3.63) is 36.3 Å². The fourth-order valence-corrected chi connectivity index (χ4v) is 2.01. The van der Waals surface area contributed by atoms with E-state index in [9.17, 15) is 8.42 Å². The second-order valence-corrected chi connectivity index (χ2v) is 5.23. The lowest BCUT2D eigenvalue weighted by Crippen LogP contribution is -2.22. The van der Waals surface area contributed by atoms with Gasteiger partial charge >= 0.3 is 0 Å². The van der Waals surface area contributed by atoms with E-state index in [0.29, 0.717) is 17.3 Å². The quantitative estimate of drug-likeness (QED) is 0.770. The summed E-state index contributed by atoms with van der Waals surface area (Å²) in [4.78, 5) is 0. The van der Waals surface area contributed by atoms with Gasteiger partial charge in [-0.3, -0.25) is 4.18 Å². The first-order chi connectivity index (χ1) is 7.96. The minimum absolute atomic E-state index is 0.314. The van der Waals surface area contributed by atoms with Crippen molar-refractivity contribution in [2.75, 3.05) is 6.26 Å². The van der Waals surface area contributed by atoms with Crippen molar-refractivity contribution in [1.82, 2.24) is 0 Å². The predicted molar refractivity (Wildman–Crippen MR) is 61.2 cm³/mol. The Kier molecular flexibility index (Phi) is 3.08. The molecule has 0 radical (unpaired) electrons. The molecule has 5 nitrogen and oxygen atoms in total. The molecule has 0 N–H and O–H groups in total. The van der Waals surface area contributed by atoms with Gasteiger partial charge in [0.2, 0.25) is 0 Å². The topological polar surface area (TPSA) is 61.8 Å². The van der Waals surface area contributed by atoms with Crippen LogP contribution in [0.15, 0.2) is 36.3 Å². The van der Waals surface area contributed by atoms with E-state index in [-0.39, 0.29) is 0 Å². The van der Waals surface area contributed by atoms with E-state index in [1.807, 2.05) is 6.07 Å². The number of para-hydroxylation sites is 2. The Morgan fingerprint density at radius 3 is 2.53 bits per heavy atom. The largest absolute Gasteiger partial charge is 0.457 e. The van der Waals surface area contributed by atoms with Crippen molar-refractivity contribution in [1.29, 1.82) is 0 Å². The standard InChI is InChI=1S/C11H12O5S/c1-8(16-17(2,12)13)11-7-14-9-5-3-4-6-10(9)15-11/h3-8H,1-2H3. The zero-order valence-corrected chi connectivity index (χ0v) is 10.2. The second-order valence-electron chi connectivity index (χ2n) is 3.63. The van der Waals surface area contributed by atoms with Gasteiger partial charge < -0.3 is 9.47 Å². The SMILES string of the molecule is CC(OS(C)(=O)=O)C1=COc2ccccc2O1. The molecule has 6 heteroatoms. The highest BCUT2D eigenvalue weighted by atomic mass is 32.2. The van der Waals surface area contributed by atoms with Crippen LogP contribution >= 0.6 is 0 Å². The highest BCUT2D eigenvalue weighted by Gasteiger charge is 2.22. The van der Waals surface area contributed by atoms with Crippen molar-refractivity contribution in [2.45, 2.75) is 13.0 Å². The van der Waals surface area contributed by atoms with Crippen molar-refractivity contribution < 1.29 is 22.1 Å². The molecule has 1 aromatic carbocycles. The number of hydrogen-bond donors (Lipinski definition) is 0. The average molecular weight is 256 g/mol. The van der Waals surface area contributed by atoms with Crippen LogP contribution < -0.4 is 9.47 Å². The summed E-state index contributed by atoms with van der Waals surface area (Å²) in [6.07, 6.45) is 1.61. The zero-order valence-electron chi connectivity index (χ0n) is 9.41. The molecule has 1 aromatic rings. The maximum absolute atomic E-state index is 11.0. The summed E-state index contributed by atoms with van der Waals surface area (Å²) in [5, 5.41) is 0. The highest BCUT2D eigenvalue weighted by molar-refractivity contribution is 7.86. The van der Waals surface area contributed by atoms with E-state index in [0.717, 1.165) is 6.26 Å². The summed E-state index contributed by atoms with van der Waals surface area (Å²) in [6, 6.07) is 7.10. The fourth-order valence-electron chi connectivity index (χ4n) is 1.39. The normalized spacial score (nSPS) is 16.2. The molecule has 0 fully saturated rings. The van der Waals surface area contributed by atoms with Crippen molar-refractivity contribution in [3.63, 3.8) is 0 Å². The zero-order chi connectivity index (χ0) is 12.5. The van der Waals surface area contributed by atoms with Gasteiger partial charge in [-0.2, -0.15) is 8.42 Å². The first kappa shape index (κ1) is 11.9. The molecule has 0 aliphatic carbocycles. The lowest BCUT2D eigenvalue weighted by molar-refractivity contribution is 0.187. The molecular formula is C11H12O5S. The molecule has 1 atom stereocenters. The van der Waals surface area contributed by atoms with Gasteiger partial charge in [-0.05, 0) is 19.1 Å². The number of hydrogen-bond acceptors (Lipinski definition) is 5. The van der Waals surface area contributed by atoms with E-state index in [4.69, 9.17) is 13.7 Å². The molecule has 0 saturated carbocycles. The van der Waals surface area contributed by atoms with Gasteiger partial charge in [0.05, 0.1) is 6.26 Å². The summed E-state index contributed by atoms with van der Waals surface area (Å²) >= 11 is 0. The Hall–Kier alpha value is -1.53. The van der Waals surface area contributed by atoms with E-state index < -0.39 is 16.2 Å². The molecule has 1 aliphatic heterocycles. The molecule has 92 valence electrons. The van der Waals surface area contributed by atoms with Gasteiger partial charge in [0.1, 0.15) is 12.4 Å². The van der Waals surface area contributed by atoms with Crippen molar-refractivity contribution in [3.8, 4) is 11.5 Å². The smallest absolute Gasteiger partial charge is 0.265 e. The maximum atomic E-state index is 11.0. The Morgan fingerprint density at radius 1 is 1.24 bits per heavy atom. The van der Waals surface area contributed by atoms with Gasteiger partial charge in [-0.15, -0.1) is 0 Å². The molecule has 0 saturated heterocycles. The number of fused-ring (bicyclic) bond motifs is 1. The minimum atomic E-state index is -3.53. The predicted octanol–water partition coefficient (Wildman–Crippen LogP) is 1.66. The van der Waals surface area contributed by atoms with E-state index in [1.54, 1.807) is 25.1 Å². The molecule has 0 aromatic heterocycles. The van der Waals surface area contributed by atoms with E-state index in [1.165, 1.54) is 6.26 Å². The van der Waals surface area contributed by atoms with Crippen LogP contribution in [-0.2, 0) is 14.3 Å². The fraction of sp³-hybridized carbons (Fsp3) is 0.273. The molecular weight excluding hydrogens is 244 g/mol. The van der Waals surface area contributed by atoms with Crippen LogP contribution in [0.3, 0.4) is 0 Å². The first-order valence-electron chi connectivity index (χ1n) is 4.97. The summed E-state index contributed by atoms with van der Waals surface area (Å²) in [5.74, 6) is 1.44. The molecule has 0 bridgehead atoms. The Labute approximate surface area is 99.7 Å². The summed E-state index contributed by atoms with van der Waals surface area (Å²) in [7, 11) is -3.53. The maximum Gasteiger partial charge on any atom is 0.265 e. The molecule has 0 spiro atoms. The van der Waals surface area contributed by atoms with Gasteiger partial charge in [-0.1, -0.05) is 12.1 Å². The molecule has 2 rings (SSSR count). The van der Waals surface area contributed by atoms with Gasteiger partial charge in [0, 0.05) is 0 Å². The van der Waals surface area contributed by atoms with Crippen LogP contribution in [0.5, 0.6) is 11.5 Å². The summed E-state index contributed by atoms with van der Waals surface area (Å²) < 4.78 is 37.6. The third-order valence-electron chi connectivity index (χ3n) is 2.10. The lowest BCUT2D eigenvalue weighted by atomic mass is 10.3. The highest BCUT2D eigenvalue weighted by Crippen LogP contribution is 2.33. The first-order valence-corrected chi connectivity index (χ1v) is 6.79. The third kappa shape index (κ3) is 2.98. The van der Waals surface area contributed by atoms with Crippen LogP contribution in [-0.4, -0.2) is 20.8 Å². The van der Waals surface area contributed by atoms with E-state index >= 15 is 0 Å². The Balaban J connectivity index is 2.14. The van der Waals surface area contributed by atoms with Crippen LogP contribution in [0.1, 0.15) is 6.92 Å². The van der Waals surface area contributed by atoms with E-state index in [2.05, 4.69) is 0 Å². The summed E-state index contributed by atoms with van der Waals surface area (Å²) in [5.41, 5.74) is 0. The molecule has 1 unspecified atom stereocenters. The van der Waals surface area contributed by atoms with Gasteiger partial charge in [-0.25, -0.2) is 0 Å². The Morgan fingerprint density at radius 2 is 1.88 bits per heavy atom. The van der Waals surface area contributed by atoms with Crippen LogP contribution in [0.4, 0.5) is 0 Å².